The van der Waals surface area contributed by atoms with Gasteiger partial charge < -0.3 is 14.2 Å². The zero-order chi connectivity index (χ0) is 17.4. The molecule has 0 aliphatic carbocycles. The second-order valence-corrected chi connectivity index (χ2v) is 6.59. The topological polar surface area (TPSA) is 52.3 Å². The summed E-state index contributed by atoms with van der Waals surface area (Å²) >= 11 is 0. The van der Waals surface area contributed by atoms with E-state index < -0.39 is 0 Å². The summed E-state index contributed by atoms with van der Waals surface area (Å²) in [6.45, 7) is 7.32. The van der Waals surface area contributed by atoms with Crippen molar-refractivity contribution in [3.8, 4) is 0 Å². The van der Waals surface area contributed by atoms with Crippen molar-refractivity contribution in [3.63, 3.8) is 0 Å². The third-order valence-electron chi connectivity index (χ3n) is 4.69. The molecule has 0 radical (unpaired) electrons. The molecule has 0 saturated carbocycles. The zero-order valence-electron chi connectivity index (χ0n) is 15.1. The molecule has 2 atom stereocenters. The van der Waals surface area contributed by atoms with Gasteiger partial charge in [-0.3, -0.25) is 9.48 Å². The van der Waals surface area contributed by atoms with Crippen LogP contribution in [0.15, 0.2) is 18.3 Å². The Morgan fingerprint density at radius 3 is 2.83 bits per heavy atom. The molecule has 0 N–H and O–H groups in total. The maximum Gasteiger partial charge on any atom is 0.272 e. The smallest absolute Gasteiger partial charge is 0.272 e. The average molecular weight is 330 g/mol. The van der Waals surface area contributed by atoms with Crippen molar-refractivity contribution in [2.45, 2.75) is 52.5 Å². The van der Waals surface area contributed by atoms with Crippen molar-refractivity contribution < 1.29 is 9.53 Å². The number of rotatable bonds is 4. The summed E-state index contributed by atoms with van der Waals surface area (Å²) < 4.78 is 9.72. The van der Waals surface area contributed by atoms with E-state index in [9.17, 15) is 4.79 Å². The molecule has 1 amide bonds. The summed E-state index contributed by atoms with van der Waals surface area (Å²) in [5.41, 5.74) is 3.77. The van der Waals surface area contributed by atoms with Gasteiger partial charge in [0.25, 0.3) is 5.91 Å². The average Bonchev–Trinajstić information content (AvgIpc) is 3.10. The quantitative estimate of drug-likeness (QED) is 0.866. The predicted molar refractivity (Wildman–Crippen MR) is 91.8 cm³/mol. The number of aryl methyl sites for hydroxylation is 2. The molecule has 3 heterocycles. The summed E-state index contributed by atoms with van der Waals surface area (Å²) in [4.78, 5) is 14.9. The van der Waals surface area contributed by atoms with Gasteiger partial charge in [-0.05, 0) is 32.9 Å². The molecule has 24 heavy (non-hydrogen) atoms. The van der Waals surface area contributed by atoms with E-state index >= 15 is 0 Å². The van der Waals surface area contributed by atoms with E-state index in [1.807, 2.05) is 62.4 Å². The Bertz CT molecular complexity index is 746. The molecule has 2 aromatic rings. The highest BCUT2D eigenvalue weighted by atomic mass is 16.5. The molecule has 130 valence electrons. The second-order valence-electron chi connectivity index (χ2n) is 6.59. The normalized spacial score (nSPS) is 20.0. The second kappa shape index (κ2) is 6.43. The number of fused-ring (bicyclic) bond motifs is 1. The van der Waals surface area contributed by atoms with E-state index in [1.54, 1.807) is 4.90 Å². The number of carbonyl (C=O) groups is 1. The number of hydrogen-bond donors (Lipinski definition) is 0. The standard InChI is InChI=1S/C18H26N4O2/c1-6-22-17(15-10-12(2)24-13(3)16(15)19-22)18(23)21(5)11-14-8-7-9-20(14)4/h7-9,12-13H,6,10-11H2,1-5H3/t12-,13+/m0/s1. The van der Waals surface area contributed by atoms with Gasteiger partial charge in [0.05, 0.1) is 24.4 Å². The molecule has 3 rings (SSSR count). The van der Waals surface area contributed by atoms with Gasteiger partial charge in [0, 0.05) is 44.5 Å². The SMILES string of the molecule is CCn1nc2c(c1C(=O)N(C)Cc1cccn1C)C[C@H](C)O[C@@H]2C. The highest BCUT2D eigenvalue weighted by Gasteiger charge is 2.32. The van der Waals surface area contributed by atoms with Crippen LogP contribution in [-0.4, -0.2) is 38.3 Å². The molecule has 6 heteroatoms. The van der Waals surface area contributed by atoms with Gasteiger partial charge in [-0.1, -0.05) is 0 Å². The van der Waals surface area contributed by atoms with E-state index in [-0.39, 0.29) is 18.1 Å². The lowest BCUT2D eigenvalue weighted by Gasteiger charge is -2.25. The fourth-order valence-electron chi connectivity index (χ4n) is 3.42. The predicted octanol–water partition coefficient (Wildman–Crippen LogP) is 2.54. The number of nitrogens with zero attached hydrogens (tertiary/aromatic N) is 4. The lowest BCUT2D eigenvalue weighted by Crippen LogP contribution is -2.31. The molecule has 0 unspecified atom stereocenters. The molecule has 0 aromatic carbocycles. The Morgan fingerprint density at radius 2 is 2.21 bits per heavy atom. The minimum atomic E-state index is -0.0683. The Balaban J connectivity index is 1.93. The van der Waals surface area contributed by atoms with Gasteiger partial charge in [0.1, 0.15) is 5.69 Å². The first-order chi connectivity index (χ1) is 11.4. The van der Waals surface area contributed by atoms with Gasteiger partial charge in [-0.2, -0.15) is 5.10 Å². The fourth-order valence-corrected chi connectivity index (χ4v) is 3.42. The Hall–Kier alpha value is -2.08. The highest BCUT2D eigenvalue weighted by Crippen LogP contribution is 2.32. The van der Waals surface area contributed by atoms with E-state index in [2.05, 4.69) is 5.10 Å². The number of ether oxygens (including phenoxy) is 1. The van der Waals surface area contributed by atoms with Crippen molar-refractivity contribution in [3.05, 3.63) is 41.0 Å². The number of carbonyl (C=O) groups excluding carboxylic acids is 1. The van der Waals surface area contributed by atoms with Crippen molar-refractivity contribution in [2.75, 3.05) is 7.05 Å². The largest absolute Gasteiger partial charge is 0.369 e. The van der Waals surface area contributed by atoms with Crippen molar-refractivity contribution in [1.82, 2.24) is 19.2 Å². The van der Waals surface area contributed by atoms with Crippen molar-refractivity contribution in [2.24, 2.45) is 7.05 Å². The van der Waals surface area contributed by atoms with Crippen LogP contribution in [0, 0.1) is 0 Å². The van der Waals surface area contributed by atoms with Crippen LogP contribution in [0.5, 0.6) is 0 Å². The third kappa shape index (κ3) is 2.86. The number of amides is 1. The highest BCUT2D eigenvalue weighted by molar-refractivity contribution is 5.94. The Morgan fingerprint density at radius 1 is 1.46 bits per heavy atom. The van der Waals surface area contributed by atoms with Crippen LogP contribution >= 0.6 is 0 Å². The lowest BCUT2D eigenvalue weighted by molar-refractivity contribution is -0.00715. The maximum absolute atomic E-state index is 13.1. The van der Waals surface area contributed by atoms with Crippen LogP contribution in [0.25, 0.3) is 0 Å². The molecule has 1 aliphatic rings. The van der Waals surface area contributed by atoms with Crippen LogP contribution in [0.4, 0.5) is 0 Å². The van der Waals surface area contributed by atoms with Crippen molar-refractivity contribution in [1.29, 1.82) is 0 Å². The summed E-state index contributed by atoms with van der Waals surface area (Å²) in [5.74, 6) is 0.0214. The third-order valence-corrected chi connectivity index (χ3v) is 4.69. The van der Waals surface area contributed by atoms with Crippen LogP contribution in [0.2, 0.25) is 0 Å². The van der Waals surface area contributed by atoms with Crippen molar-refractivity contribution >= 4 is 5.91 Å². The molecule has 0 fully saturated rings. The summed E-state index contributed by atoms with van der Waals surface area (Å²) in [6.07, 6.45) is 2.76. The van der Waals surface area contributed by atoms with Gasteiger partial charge in [0.15, 0.2) is 0 Å². The number of aromatic nitrogens is 3. The Kier molecular flexibility index (Phi) is 4.49. The fraction of sp³-hybridized carbons (Fsp3) is 0.556. The minimum Gasteiger partial charge on any atom is -0.369 e. The molecule has 2 aromatic heterocycles. The molecule has 0 bridgehead atoms. The van der Waals surface area contributed by atoms with E-state index in [0.717, 1.165) is 23.4 Å². The van der Waals surface area contributed by atoms with Crippen LogP contribution in [0.3, 0.4) is 0 Å². The summed E-state index contributed by atoms with van der Waals surface area (Å²) in [6, 6.07) is 4.03. The van der Waals surface area contributed by atoms with Crippen LogP contribution in [-0.2, 0) is 31.3 Å². The van der Waals surface area contributed by atoms with Gasteiger partial charge in [-0.25, -0.2) is 0 Å². The van der Waals surface area contributed by atoms with Gasteiger partial charge in [0.2, 0.25) is 0 Å². The molecular formula is C18H26N4O2. The monoisotopic (exact) mass is 330 g/mol. The zero-order valence-corrected chi connectivity index (χ0v) is 15.1. The van der Waals surface area contributed by atoms with Crippen LogP contribution < -0.4 is 0 Å². The minimum absolute atomic E-state index is 0.0214. The molecule has 1 aliphatic heterocycles. The number of hydrogen-bond acceptors (Lipinski definition) is 3. The first kappa shape index (κ1) is 16.8. The molecular weight excluding hydrogens is 304 g/mol. The van der Waals surface area contributed by atoms with E-state index in [1.165, 1.54) is 0 Å². The summed E-state index contributed by atoms with van der Waals surface area (Å²) in [5, 5.41) is 4.64. The summed E-state index contributed by atoms with van der Waals surface area (Å²) in [7, 11) is 3.84. The Labute approximate surface area is 143 Å². The first-order valence-corrected chi connectivity index (χ1v) is 8.53. The lowest BCUT2D eigenvalue weighted by atomic mass is 9.99. The van der Waals surface area contributed by atoms with E-state index in [4.69, 9.17) is 4.74 Å². The molecule has 0 saturated heterocycles. The van der Waals surface area contributed by atoms with Gasteiger partial charge in [-0.15, -0.1) is 0 Å². The van der Waals surface area contributed by atoms with Gasteiger partial charge >= 0.3 is 0 Å². The first-order valence-electron chi connectivity index (χ1n) is 8.53. The van der Waals surface area contributed by atoms with Crippen LogP contribution in [0.1, 0.15) is 54.3 Å². The molecule has 6 nitrogen and oxygen atoms in total. The van der Waals surface area contributed by atoms with E-state index in [0.29, 0.717) is 18.8 Å². The molecule has 0 spiro atoms. The maximum atomic E-state index is 13.1.